The molecule has 0 N–H and O–H groups in total. The average Bonchev–Trinajstić information content (AvgIpc) is 3.14. The molecule has 0 spiro atoms. The van der Waals surface area contributed by atoms with Crippen LogP contribution in [0.1, 0.15) is 44.9 Å². The molecule has 2 saturated carbocycles. The van der Waals surface area contributed by atoms with E-state index in [0.717, 1.165) is 63.5 Å². The van der Waals surface area contributed by atoms with Gasteiger partial charge in [0.1, 0.15) is 0 Å². The molecule has 0 radical (unpaired) electrons. The summed E-state index contributed by atoms with van der Waals surface area (Å²) >= 11 is 0. The number of fused-ring (bicyclic) bond motifs is 2. The van der Waals surface area contributed by atoms with Crippen LogP contribution < -0.4 is 0 Å². The number of hydrogen-bond donors (Lipinski definition) is 0. The topological polar surface area (TPSA) is 32.8 Å². The molecule has 0 aromatic heterocycles. The lowest BCUT2D eigenvalue weighted by Crippen LogP contribution is -2.53. The average molecular weight is 294 g/mol. The summed E-state index contributed by atoms with van der Waals surface area (Å²) in [7, 11) is 1.72. The molecular formula is C17H30N2O2. The zero-order valence-electron chi connectivity index (χ0n) is 13.4. The Bertz CT molecular complexity index is 353. The molecular weight excluding hydrogens is 264 g/mol. The predicted octanol–water partition coefficient (Wildman–Crippen LogP) is 2.14. The van der Waals surface area contributed by atoms with Crippen LogP contribution in [-0.4, -0.2) is 61.6 Å². The normalized spacial score (nSPS) is 32.8. The van der Waals surface area contributed by atoms with Crippen molar-refractivity contribution < 1.29 is 9.53 Å². The van der Waals surface area contributed by atoms with E-state index in [1.807, 2.05) is 0 Å². The summed E-state index contributed by atoms with van der Waals surface area (Å²) in [4.78, 5) is 16.9. The lowest BCUT2D eigenvalue weighted by molar-refractivity contribution is -0.133. The van der Waals surface area contributed by atoms with E-state index in [2.05, 4.69) is 9.80 Å². The Labute approximate surface area is 128 Å². The maximum atomic E-state index is 12.2. The molecule has 3 atom stereocenters. The van der Waals surface area contributed by atoms with Crippen LogP contribution in [0.2, 0.25) is 0 Å². The van der Waals surface area contributed by atoms with E-state index in [1.165, 1.54) is 25.7 Å². The van der Waals surface area contributed by atoms with Crippen LogP contribution in [0, 0.1) is 11.8 Å². The molecule has 1 amide bonds. The minimum absolute atomic E-state index is 0.346. The highest BCUT2D eigenvalue weighted by atomic mass is 16.5. The van der Waals surface area contributed by atoms with Crippen LogP contribution in [-0.2, 0) is 9.53 Å². The fraction of sp³-hybridized carbons (Fsp3) is 0.941. The highest BCUT2D eigenvalue weighted by Crippen LogP contribution is 2.46. The van der Waals surface area contributed by atoms with Crippen molar-refractivity contribution in [2.45, 2.75) is 51.0 Å². The third kappa shape index (κ3) is 3.59. The van der Waals surface area contributed by atoms with Crippen LogP contribution >= 0.6 is 0 Å². The molecule has 21 heavy (non-hydrogen) atoms. The molecule has 3 rings (SSSR count). The summed E-state index contributed by atoms with van der Waals surface area (Å²) in [5.41, 5.74) is 0. The summed E-state index contributed by atoms with van der Waals surface area (Å²) in [6.07, 6.45) is 8.47. The van der Waals surface area contributed by atoms with E-state index in [4.69, 9.17) is 4.74 Å². The number of hydrogen-bond acceptors (Lipinski definition) is 3. The number of methoxy groups -OCH3 is 1. The standard InChI is InChI=1S/C17H30N2O2/c1-21-11-3-2-4-17(20)19-9-7-18(8-10-19)16-13-14-5-6-15(16)12-14/h14-16H,2-13H2,1H3. The number of carbonyl (C=O) groups is 1. The Kier molecular flexibility index (Phi) is 5.17. The fourth-order valence-electron chi connectivity index (χ4n) is 4.64. The van der Waals surface area contributed by atoms with Gasteiger partial charge in [-0.1, -0.05) is 6.42 Å². The number of nitrogens with zero attached hydrogens (tertiary/aromatic N) is 2. The summed E-state index contributed by atoms with van der Waals surface area (Å²) < 4.78 is 5.03. The number of carbonyl (C=O) groups excluding carboxylic acids is 1. The monoisotopic (exact) mass is 294 g/mol. The molecule has 1 saturated heterocycles. The van der Waals surface area contributed by atoms with Crippen LogP contribution in [0.25, 0.3) is 0 Å². The molecule has 4 nitrogen and oxygen atoms in total. The Hall–Kier alpha value is -0.610. The Morgan fingerprint density at radius 3 is 2.52 bits per heavy atom. The Morgan fingerprint density at radius 1 is 1.10 bits per heavy atom. The largest absolute Gasteiger partial charge is 0.385 e. The van der Waals surface area contributed by atoms with Gasteiger partial charge >= 0.3 is 0 Å². The minimum atomic E-state index is 0.346. The zero-order valence-corrected chi connectivity index (χ0v) is 13.4. The first-order valence-corrected chi connectivity index (χ1v) is 8.78. The zero-order chi connectivity index (χ0) is 14.7. The van der Waals surface area contributed by atoms with Crippen molar-refractivity contribution in [1.82, 2.24) is 9.80 Å². The van der Waals surface area contributed by atoms with Crippen molar-refractivity contribution in [3.63, 3.8) is 0 Å². The number of unbranched alkanes of at least 4 members (excludes halogenated alkanes) is 1. The smallest absolute Gasteiger partial charge is 0.222 e. The molecule has 4 heteroatoms. The van der Waals surface area contributed by atoms with Crippen molar-refractivity contribution in [3.8, 4) is 0 Å². The second kappa shape index (κ2) is 7.10. The van der Waals surface area contributed by atoms with Crippen LogP contribution in [0.4, 0.5) is 0 Å². The van der Waals surface area contributed by atoms with Gasteiger partial charge < -0.3 is 9.64 Å². The lowest BCUT2D eigenvalue weighted by atomic mass is 9.93. The van der Waals surface area contributed by atoms with Gasteiger partial charge in [-0.15, -0.1) is 0 Å². The van der Waals surface area contributed by atoms with E-state index in [0.29, 0.717) is 12.3 Å². The van der Waals surface area contributed by atoms with Crippen molar-refractivity contribution in [3.05, 3.63) is 0 Å². The lowest BCUT2D eigenvalue weighted by Gasteiger charge is -2.41. The fourth-order valence-corrected chi connectivity index (χ4v) is 4.64. The van der Waals surface area contributed by atoms with E-state index < -0.39 is 0 Å². The molecule has 1 heterocycles. The molecule has 1 aliphatic heterocycles. The summed E-state index contributed by atoms with van der Waals surface area (Å²) in [5, 5.41) is 0. The van der Waals surface area contributed by atoms with Crippen molar-refractivity contribution in [1.29, 1.82) is 0 Å². The highest BCUT2D eigenvalue weighted by Gasteiger charge is 2.42. The summed E-state index contributed by atoms with van der Waals surface area (Å²) in [6.45, 7) is 4.84. The molecule has 2 aliphatic carbocycles. The Morgan fingerprint density at radius 2 is 1.90 bits per heavy atom. The third-order valence-electron chi connectivity index (χ3n) is 5.83. The quantitative estimate of drug-likeness (QED) is 0.704. The molecule has 0 aromatic carbocycles. The summed E-state index contributed by atoms with van der Waals surface area (Å²) in [5.74, 6) is 2.32. The van der Waals surface area contributed by atoms with Crippen molar-refractivity contribution in [2.24, 2.45) is 11.8 Å². The van der Waals surface area contributed by atoms with Gasteiger partial charge in [0.05, 0.1) is 0 Å². The second-order valence-corrected chi connectivity index (χ2v) is 7.11. The van der Waals surface area contributed by atoms with Gasteiger partial charge in [-0.05, 0) is 43.9 Å². The van der Waals surface area contributed by atoms with Gasteiger partial charge in [0.2, 0.25) is 5.91 Å². The molecule has 3 unspecified atom stereocenters. The molecule has 0 aromatic rings. The van der Waals surface area contributed by atoms with Gasteiger partial charge in [-0.2, -0.15) is 0 Å². The van der Waals surface area contributed by atoms with Crippen molar-refractivity contribution >= 4 is 5.91 Å². The number of rotatable bonds is 6. The van der Waals surface area contributed by atoms with Gasteiger partial charge in [-0.3, -0.25) is 9.69 Å². The van der Waals surface area contributed by atoms with Gasteiger partial charge in [-0.25, -0.2) is 0 Å². The predicted molar refractivity (Wildman–Crippen MR) is 83.1 cm³/mol. The Balaban J connectivity index is 1.38. The number of piperazine rings is 1. The van der Waals surface area contributed by atoms with Gasteiger partial charge in [0.15, 0.2) is 0 Å². The van der Waals surface area contributed by atoms with Crippen LogP contribution in [0.3, 0.4) is 0 Å². The number of amides is 1. The van der Waals surface area contributed by atoms with Gasteiger partial charge in [0, 0.05) is 52.4 Å². The molecule has 3 fully saturated rings. The van der Waals surface area contributed by atoms with Gasteiger partial charge in [0.25, 0.3) is 0 Å². The first-order chi connectivity index (χ1) is 10.3. The highest BCUT2D eigenvalue weighted by molar-refractivity contribution is 5.76. The van der Waals surface area contributed by atoms with E-state index >= 15 is 0 Å². The first kappa shape index (κ1) is 15.3. The molecule has 2 bridgehead atoms. The first-order valence-electron chi connectivity index (χ1n) is 8.78. The summed E-state index contributed by atoms with van der Waals surface area (Å²) in [6, 6.07) is 0.836. The maximum absolute atomic E-state index is 12.2. The van der Waals surface area contributed by atoms with Crippen LogP contribution in [0.15, 0.2) is 0 Å². The van der Waals surface area contributed by atoms with E-state index in [1.54, 1.807) is 7.11 Å². The van der Waals surface area contributed by atoms with E-state index in [9.17, 15) is 4.79 Å². The van der Waals surface area contributed by atoms with E-state index in [-0.39, 0.29) is 0 Å². The molecule has 3 aliphatic rings. The second-order valence-electron chi connectivity index (χ2n) is 7.11. The van der Waals surface area contributed by atoms with Crippen molar-refractivity contribution in [2.75, 3.05) is 39.9 Å². The maximum Gasteiger partial charge on any atom is 0.222 e. The minimum Gasteiger partial charge on any atom is -0.385 e. The number of ether oxygens (including phenoxy) is 1. The van der Waals surface area contributed by atoms with Crippen LogP contribution in [0.5, 0.6) is 0 Å². The third-order valence-corrected chi connectivity index (χ3v) is 5.83. The molecule has 120 valence electrons. The SMILES string of the molecule is COCCCCC(=O)N1CCN(C2CC3CCC2C3)CC1.